The van der Waals surface area contributed by atoms with Crippen LogP contribution in [-0.4, -0.2) is 42.8 Å². The van der Waals surface area contributed by atoms with E-state index in [1.165, 1.54) is 15.4 Å². The third-order valence-corrected chi connectivity index (χ3v) is 7.94. The lowest BCUT2D eigenvalue weighted by atomic mass is 9.98. The first-order valence-electron chi connectivity index (χ1n) is 10.7. The summed E-state index contributed by atoms with van der Waals surface area (Å²) in [6, 6.07) is 15.4. The molecule has 7 heteroatoms. The van der Waals surface area contributed by atoms with Gasteiger partial charge in [-0.2, -0.15) is 4.31 Å². The van der Waals surface area contributed by atoms with E-state index in [0.29, 0.717) is 25.9 Å². The number of benzene rings is 2. The summed E-state index contributed by atoms with van der Waals surface area (Å²) >= 11 is 0. The largest absolute Gasteiger partial charge is 0.355 e. The molecule has 1 aliphatic heterocycles. The van der Waals surface area contributed by atoms with Crippen molar-refractivity contribution >= 4 is 26.8 Å². The maximum absolute atomic E-state index is 13.2. The Morgan fingerprint density at radius 1 is 1.13 bits per heavy atom. The Bertz CT molecular complexity index is 1180. The van der Waals surface area contributed by atoms with Crippen LogP contribution in [0.4, 0.5) is 0 Å². The lowest BCUT2D eigenvalue weighted by Gasteiger charge is -2.31. The fourth-order valence-electron chi connectivity index (χ4n) is 4.17. The molecule has 0 bridgehead atoms. The lowest BCUT2D eigenvalue weighted by molar-refractivity contribution is -0.126. The van der Waals surface area contributed by atoms with Crippen molar-refractivity contribution in [2.45, 2.75) is 31.1 Å². The highest BCUT2D eigenvalue weighted by molar-refractivity contribution is 7.89. The summed E-state index contributed by atoms with van der Waals surface area (Å²) in [5.41, 5.74) is 3.38. The van der Waals surface area contributed by atoms with Crippen LogP contribution in [0.3, 0.4) is 0 Å². The molecule has 1 amide bonds. The molecule has 1 fully saturated rings. The summed E-state index contributed by atoms with van der Waals surface area (Å²) in [5.74, 6) is -0.382. The first-order chi connectivity index (χ1) is 14.8. The SMILES string of the molecule is Cc1ccc(CCNC(=O)[C@@H]2CCCN(S(=O)(=O)c3ccc4c(ccn4C)c3)C2)cc1. The fourth-order valence-corrected chi connectivity index (χ4v) is 5.73. The van der Waals surface area contributed by atoms with E-state index in [9.17, 15) is 13.2 Å². The number of amides is 1. The van der Waals surface area contributed by atoms with Gasteiger partial charge in [-0.25, -0.2) is 8.42 Å². The fraction of sp³-hybridized carbons (Fsp3) is 0.375. The third-order valence-electron chi connectivity index (χ3n) is 6.08. The summed E-state index contributed by atoms with van der Waals surface area (Å²) in [5, 5.41) is 3.89. The Morgan fingerprint density at radius 2 is 1.90 bits per heavy atom. The number of hydrogen-bond donors (Lipinski definition) is 1. The minimum atomic E-state index is -3.63. The number of carbonyl (C=O) groups is 1. The molecule has 0 radical (unpaired) electrons. The zero-order valence-electron chi connectivity index (χ0n) is 18.0. The number of piperidine rings is 1. The molecule has 31 heavy (non-hydrogen) atoms. The van der Waals surface area contributed by atoms with E-state index in [2.05, 4.69) is 29.6 Å². The average Bonchev–Trinajstić information content (AvgIpc) is 3.15. The molecular formula is C24H29N3O3S. The highest BCUT2D eigenvalue weighted by atomic mass is 32.2. The van der Waals surface area contributed by atoms with Crippen molar-refractivity contribution in [1.82, 2.24) is 14.2 Å². The van der Waals surface area contributed by atoms with E-state index in [1.807, 2.05) is 36.9 Å². The number of fused-ring (bicyclic) bond motifs is 1. The Labute approximate surface area is 183 Å². The minimum Gasteiger partial charge on any atom is -0.355 e. The van der Waals surface area contributed by atoms with Crippen molar-refractivity contribution in [2.75, 3.05) is 19.6 Å². The Morgan fingerprint density at radius 3 is 2.68 bits per heavy atom. The second-order valence-corrected chi connectivity index (χ2v) is 10.3. The smallest absolute Gasteiger partial charge is 0.243 e. The molecule has 2 aromatic carbocycles. The number of nitrogens with zero attached hydrogens (tertiary/aromatic N) is 2. The van der Waals surface area contributed by atoms with Gasteiger partial charge in [0.15, 0.2) is 0 Å². The van der Waals surface area contributed by atoms with Crippen molar-refractivity contribution in [3.05, 3.63) is 65.9 Å². The second-order valence-electron chi connectivity index (χ2n) is 8.38. The first kappa shape index (κ1) is 21.6. The molecule has 164 valence electrons. The Balaban J connectivity index is 1.39. The van der Waals surface area contributed by atoms with E-state index in [1.54, 1.807) is 12.1 Å². The molecule has 2 heterocycles. The van der Waals surface area contributed by atoms with Crippen LogP contribution in [0.2, 0.25) is 0 Å². The van der Waals surface area contributed by atoms with Gasteiger partial charge in [-0.15, -0.1) is 0 Å². The molecule has 1 aromatic heterocycles. The second kappa shape index (κ2) is 8.85. The average molecular weight is 440 g/mol. The van der Waals surface area contributed by atoms with Crippen molar-refractivity contribution < 1.29 is 13.2 Å². The minimum absolute atomic E-state index is 0.0643. The van der Waals surface area contributed by atoms with E-state index >= 15 is 0 Å². The molecule has 0 spiro atoms. The molecule has 1 N–H and O–H groups in total. The zero-order valence-corrected chi connectivity index (χ0v) is 18.9. The van der Waals surface area contributed by atoms with E-state index in [-0.39, 0.29) is 23.3 Å². The number of aryl methyl sites for hydroxylation is 2. The summed E-state index contributed by atoms with van der Waals surface area (Å²) < 4.78 is 29.9. The van der Waals surface area contributed by atoms with Gasteiger partial charge in [0, 0.05) is 43.8 Å². The van der Waals surface area contributed by atoms with Crippen LogP contribution >= 0.6 is 0 Å². The van der Waals surface area contributed by atoms with Crippen molar-refractivity contribution in [3.8, 4) is 0 Å². The molecule has 0 saturated carbocycles. The summed E-state index contributed by atoms with van der Waals surface area (Å²) in [4.78, 5) is 13.0. The highest BCUT2D eigenvalue weighted by Crippen LogP contribution is 2.26. The summed E-state index contributed by atoms with van der Waals surface area (Å²) in [6.07, 6.45) is 4.07. The number of hydrogen-bond acceptors (Lipinski definition) is 3. The Kier molecular flexibility index (Phi) is 6.16. The molecular weight excluding hydrogens is 410 g/mol. The Hall–Kier alpha value is -2.64. The molecule has 4 rings (SSSR count). The van der Waals surface area contributed by atoms with Crippen LogP contribution in [0.5, 0.6) is 0 Å². The van der Waals surface area contributed by atoms with Gasteiger partial charge >= 0.3 is 0 Å². The maximum atomic E-state index is 13.2. The van der Waals surface area contributed by atoms with Gasteiger partial charge in [0.2, 0.25) is 15.9 Å². The third kappa shape index (κ3) is 4.67. The van der Waals surface area contributed by atoms with Crippen molar-refractivity contribution in [3.63, 3.8) is 0 Å². The lowest BCUT2D eigenvalue weighted by Crippen LogP contribution is -2.45. The van der Waals surface area contributed by atoms with Gasteiger partial charge in [0.25, 0.3) is 0 Å². The number of aromatic nitrogens is 1. The predicted octanol–water partition coefficient (Wildman–Crippen LogP) is 3.25. The maximum Gasteiger partial charge on any atom is 0.243 e. The van der Waals surface area contributed by atoms with Gasteiger partial charge in [-0.3, -0.25) is 4.79 Å². The highest BCUT2D eigenvalue weighted by Gasteiger charge is 2.33. The monoisotopic (exact) mass is 439 g/mol. The summed E-state index contributed by atoms with van der Waals surface area (Å²) in [7, 11) is -1.70. The quantitative estimate of drug-likeness (QED) is 0.641. The molecule has 0 aliphatic carbocycles. The van der Waals surface area contributed by atoms with Gasteiger partial charge in [0.05, 0.1) is 10.8 Å². The molecule has 6 nitrogen and oxygen atoms in total. The van der Waals surface area contributed by atoms with E-state index in [0.717, 1.165) is 17.3 Å². The number of nitrogens with one attached hydrogen (secondary N) is 1. The van der Waals surface area contributed by atoms with Crippen LogP contribution in [-0.2, 0) is 28.3 Å². The zero-order chi connectivity index (χ0) is 22.0. The van der Waals surface area contributed by atoms with Gasteiger partial charge in [-0.05, 0) is 56.0 Å². The van der Waals surface area contributed by atoms with Crippen LogP contribution in [0.15, 0.2) is 59.6 Å². The van der Waals surface area contributed by atoms with Gasteiger partial charge < -0.3 is 9.88 Å². The number of sulfonamides is 1. The number of rotatable bonds is 6. The normalized spacial score (nSPS) is 17.7. The van der Waals surface area contributed by atoms with Crippen LogP contribution in [0.1, 0.15) is 24.0 Å². The van der Waals surface area contributed by atoms with Gasteiger partial charge in [0.1, 0.15) is 0 Å². The van der Waals surface area contributed by atoms with Crippen LogP contribution in [0, 0.1) is 12.8 Å². The van der Waals surface area contributed by atoms with E-state index < -0.39 is 10.0 Å². The molecule has 0 unspecified atom stereocenters. The van der Waals surface area contributed by atoms with E-state index in [4.69, 9.17) is 0 Å². The summed E-state index contributed by atoms with van der Waals surface area (Å²) in [6.45, 7) is 3.27. The number of carbonyl (C=O) groups excluding carboxylic acids is 1. The van der Waals surface area contributed by atoms with Crippen LogP contribution in [0.25, 0.3) is 10.9 Å². The van der Waals surface area contributed by atoms with Crippen molar-refractivity contribution in [2.24, 2.45) is 13.0 Å². The van der Waals surface area contributed by atoms with Crippen LogP contribution < -0.4 is 5.32 Å². The predicted molar refractivity (Wildman–Crippen MR) is 122 cm³/mol. The van der Waals surface area contributed by atoms with Crippen molar-refractivity contribution in [1.29, 1.82) is 0 Å². The molecule has 3 aromatic rings. The standard InChI is InChI=1S/C24H29N3O3S/c1-18-5-7-19(8-6-18)11-13-25-24(28)21-4-3-14-27(17-21)31(29,30)22-9-10-23-20(16-22)12-15-26(23)2/h5-10,12,15-16,21H,3-4,11,13-14,17H2,1-2H3,(H,25,28)/t21-/m1/s1. The molecule has 1 saturated heterocycles. The molecule has 1 aliphatic rings. The first-order valence-corrected chi connectivity index (χ1v) is 12.2. The molecule has 1 atom stereocenters. The topological polar surface area (TPSA) is 71.4 Å². The van der Waals surface area contributed by atoms with Gasteiger partial charge in [-0.1, -0.05) is 29.8 Å².